The quantitative estimate of drug-likeness (QED) is 0.774. The third-order valence-corrected chi connectivity index (χ3v) is 4.09. The Hall–Kier alpha value is -1.10. The lowest BCUT2D eigenvalue weighted by molar-refractivity contribution is -0.00611. The van der Waals surface area contributed by atoms with Gasteiger partial charge in [-0.3, -0.25) is 0 Å². The highest BCUT2D eigenvalue weighted by Gasteiger charge is 2.17. The fraction of sp³-hybridized carbons (Fsp3) is 0.647. The third-order valence-electron chi connectivity index (χ3n) is 4.09. The lowest BCUT2D eigenvalue weighted by atomic mass is 10.1. The van der Waals surface area contributed by atoms with Crippen molar-refractivity contribution >= 4 is 0 Å². The first kappa shape index (κ1) is 16.3. The number of hydrogen-bond donors (Lipinski definition) is 2. The second kappa shape index (κ2) is 8.37. The van der Waals surface area contributed by atoms with Gasteiger partial charge >= 0.3 is 0 Å². The van der Waals surface area contributed by atoms with Crippen LogP contribution in [0.25, 0.3) is 0 Å². The van der Waals surface area contributed by atoms with Crippen molar-refractivity contribution in [3.05, 3.63) is 29.8 Å². The fourth-order valence-electron chi connectivity index (χ4n) is 2.81. The molecule has 0 aromatic heterocycles. The molecule has 0 aliphatic heterocycles. The molecule has 1 aromatic rings. The molecule has 0 bridgehead atoms. The van der Waals surface area contributed by atoms with Gasteiger partial charge in [0.25, 0.3) is 0 Å². The summed E-state index contributed by atoms with van der Waals surface area (Å²) in [6.07, 6.45) is 4.66. The third kappa shape index (κ3) is 4.99. The first-order valence-electron chi connectivity index (χ1n) is 7.86. The summed E-state index contributed by atoms with van der Waals surface area (Å²) in [5, 5.41) is 13.4. The molecule has 2 atom stereocenters. The van der Waals surface area contributed by atoms with Crippen molar-refractivity contribution in [2.75, 3.05) is 20.3 Å². The zero-order valence-electron chi connectivity index (χ0n) is 13.0. The molecule has 2 N–H and O–H groups in total. The molecule has 0 radical (unpaired) electrons. The Kier molecular flexibility index (Phi) is 6.49. The van der Waals surface area contributed by atoms with Crippen LogP contribution in [0.4, 0.5) is 0 Å². The van der Waals surface area contributed by atoms with Gasteiger partial charge < -0.3 is 19.9 Å². The highest BCUT2D eigenvalue weighted by Crippen LogP contribution is 2.24. The molecule has 4 nitrogen and oxygen atoms in total. The molecule has 0 heterocycles. The zero-order chi connectivity index (χ0) is 15.1. The Morgan fingerprint density at radius 3 is 2.71 bits per heavy atom. The molecule has 1 aliphatic carbocycles. The number of nitrogens with one attached hydrogen (secondary N) is 1. The molecule has 1 aromatic carbocycles. The average molecular weight is 293 g/mol. The van der Waals surface area contributed by atoms with Gasteiger partial charge in [0.15, 0.2) is 0 Å². The lowest BCUT2D eigenvalue weighted by Crippen LogP contribution is -2.33. The van der Waals surface area contributed by atoms with Crippen molar-refractivity contribution in [3.8, 4) is 5.75 Å². The van der Waals surface area contributed by atoms with Gasteiger partial charge in [0.1, 0.15) is 5.75 Å². The van der Waals surface area contributed by atoms with Gasteiger partial charge in [-0.05, 0) is 25.8 Å². The number of rotatable bonds is 8. The molecule has 1 unspecified atom stereocenters. The van der Waals surface area contributed by atoms with Crippen LogP contribution in [0, 0.1) is 0 Å². The maximum atomic E-state index is 10.0. The van der Waals surface area contributed by atoms with Gasteiger partial charge in [-0.25, -0.2) is 0 Å². The minimum absolute atomic E-state index is 0.127. The van der Waals surface area contributed by atoms with Crippen LogP contribution in [0.2, 0.25) is 0 Å². The number of hydrogen-bond acceptors (Lipinski definition) is 4. The summed E-state index contributed by atoms with van der Waals surface area (Å²) in [5.41, 5.74) is 1.10. The predicted molar refractivity (Wildman–Crippen MR) is 83.6 cm³/mol. The predicted octanol–water partition coefficient (Wildman–Crippen LogP) is 2.67. The number of aliphatic hydroxyl groups excluding tert-OH is 1. The van der Waals surface area contributed by atoms with E-state index in [1.165, 1.54) is 12.8 Å². The van der Waals surface area contributed by atoms with Gasteiger partial charge in [-0.1, -0.05) is 31.0 Å². The zero-order valence-corrected chi connectivity index (χ0v) is 13.0. The fourth-order valence-corrected chi connectivity index (χ4v) is 2.81. The normalized spacial score (nSPS) is 18.6. The van der Waals surface area contributed by atoms with Crippen LogP contribution >= 0.6 is 0 Å². The lowest BCUT2D eigenvalue weighted by Gasteiger charge is -2.20. The van der Waals surface area contributed by atoms with E-state index in [9.17, 15) is 5.11 Å². The second-order valence-corrected chi connectivity index (χ2v) is 5.77. The van der Waals surface area contributed by atoms with E-state index in [-0.39, 0.29) is 6.04 Å². The van der Waals surface area contributed by atoms with Crippen molar-refractivity contribution in [1.82, 2.24) is 5.32 Å². The molecular formula is C17H27NO3. The minimum atomic E-state index is -0.470. The first-order chi connectivity index (χ1) is 10.2. The summed E-state index contributed by atoms with van der Waals surface area (Å²) < 4.78 is 11.1. The van der Waals surface area contributed by atoms with Crippen molar-refractivity contribution in [1.29, 1.82) is 0 Å². The second-order valence-electron chi connectivity index (χ2n) is 5.77. The SMILES string of the molecule is COc1ccccc1[C@@H](C)NCC(O)COC1CCCC1. The van der Waals surface area contributed by atoms with Crippen LogP contribution < -0.4 is 10.1 Å². The molecular weight excluding hydrogens is 266 g/mol. The minimum Gasteiger partial charge on any atom is -0.496 e. The van der Waals surface area contributed by atoms with Crippen LogP contribution in [0.5, 0.6) is 5.75 Å². The summed E-state index contributed by atoms with van der Waals surface area (Å²) in [4.78, 5) is 0. The van der Waals surface area contributed by atoms with Gasteiger partial charge in [0, 0.05) is 18.2 Å². The number of benzene rings is 1. The van der Waals surface area contributed by atoms with E-state index in [2.05, 4.69) is 12.2 Å². The molecule has 4 heteroatoms. The Morgan fingerprint density at radius 2 is 2.00 bits per heavy atom. The van der Waals surface area contributed by atoms with Gasteiger partial charge in [0.05, 0.1) is 25.9 Å². The summed E-state index contributed by atoms with van der Waals surface area (Å²) in [6, 6.07) is 8.07. The summed E-state index contributed by atoms with van der Waals surface area (Å²) in [6.45, 7) is 3.00. The van der Waals surface area contributed by atoms with E-state index in [4.69, 9.17) is 9.47 Å². The van der Waals surface area contributed by atoms with E-state index in [0.29, 0.717) is 19.3 Å². The summed E-state index contributed by atoms with van der Waals surface area (Å²) >= 11 is 0. The van der Waals surface area contributed by atoms with E-state index >= 15 is 0 Å². The largest absolute Gasteiger partial charge is 0.496 e. The first-order valence-corrected chi connectivity index (χ1v) is 7.86. The van der Waals surface area contributed by atoms with Gasteiger partial charge in [0.2, 0.25) is 0 Å². The Balaban J connectivity index is 1.73. The molecule has 0 spiro atoms. The van der Waals surface area contributed by atoms with Crippen molar-refractivity contribution in [2.24, 2.45) is 0 Å². The highest BCUT2D eigenvalue weighted by molar-refractivity contribution is 5.35. The molecule has 21 heavy (non-hydrogen) atoms. The van der Waals surface area contributed by atoms with Crippen molar-refractivity contribution in [3.63, 3.8) is 0 Å². The van der Waals surface area contributed by atoms with Gasteiger partial charge in [-0.15, -0.1) is 0 Å². The maximum Gasteiger partial charge on any atom is 0.123 e. The van der Waals surface area contributed by atoms with Crippen molar-refractivity contribution < 1.29 is 14.6 Å². The smallest absolute Gasteiger partial charge is 0.123 e. The number of ether oxygens (including phenoxy) is 2. The van der Waals surface area contributed by atoms with Crippen molar-refractivity contribution in [2.45, 2.75) is 50.9 Å². The maximum absolute atomic E-state index is 10.0. The molecule has 1 aliphatic rings. The molecule has 118 valence electrons. The summed E-state index contributed by atoms with van der Waals surface area (Å²) in [7, 11) is 1.68. The van der Waals surface area contributed by atoms with Crippen LogP contribution in [-0.2, 0) is 4.74 Å². The van der Waals surface area contributed by atoms with Crippen LogP contribution in [0.3, 0.4) is 0 Å². The van der Waals surface area contributed by atoms with Gasteiger partial charge in [-0.2, -0.15) is 0 Å². The number of aliphatic hydroxyl groups is 1. The average Bonchev–Trinajstić information content (AvgIpc) is 3.04. The Labute approximate surface area is 127 Å². The van der Waals surface area contributed by atoms with E-state index < -0.39 is 6.10 Å². The topological polar surface area (TPSA) is 50.7 Å². The summed E-state index contributed by atoms with van der Waals surface area (Å²) in [5.74, 6) is 0.870. The van der Waals surface area contributed by atoms with Crippen LogP contribution in [-0.4, -0.2) is 37.6 Å². The number of methoxy groups -OCH3 is 1. The van der Waals surface area contributed by atoms with Crippen LogP contribution in [0.15, 0.2) is 24.3 Å². The molecule has 0 saturated heterocycles. The standard InChI is InChI=1S/C17H27NO3/c1-13(16-9-5-6-10-17(16)20-2)18-11-14(19)12-21-15-7-3-4-8-15/h5-6,9-10,13-15,18-19H,3-4,7-8,11-12H2,1-2H3/t13-,14?/m1/s1. The van der Waals surface area contributed by atoms with Crippen LogP contribution in [0.1, 0.15) is 44.2 Å². The van der Waals surface area contributed by atoms with E-state index in [1.807, 2.05) is 24.3 Å². The monoisotopic (exact) mass is 293 g/mol. The molecule has 0 amide bonds. The molecule has 2 rings (SSSR count). The molecule has 1 saturated carbocycles. The Bertz CT molecular complexity index is 418. The van der Waals surface area contributed by atoms with E-state index in [0.717, 1.165) is 24.2 Å². The number of para-hydroxylation sites is 1. The molecule has 1 fully saturated rings. The Morgan fingerprint density at radius 1 is 1.29 bits per heavy atom. The highest BCUT2D eigenvalue weighted by atomic mass is 16.5. The van der Waals surface area contributed by atoms with E-state index in [1.54, 1.807) is 7.11 Å².